The molecule has 184 valence electrons. The van der Waals surface area contributed by atoms with E-state index in [1.807, 2.05) is 13.8 Å². The smallest absolute Gasteiger partial charge is 0.252 e. The lowest BCUT2D eigenvalue weighted by Crippen LogP contribution is -2.29. The summed E-state index contributed by atoms with van der Waals surface area (Å²) in [5.74, 6) is -0.848. The molecule has 2 amide bonds. The van der Waals surface area contributed by atoms with Gasteiger partial charge in [0.25, 0.3) is 5.56 Å². The monoisotopic (exact) mass is 490 g/mol. The summed E-state index contributed by atoms with van der Waals surface area (Å²) in [6.45, 7) is 3.97. The topological polar surface area (TPSA) is 126 Å². The lowest BCUT2D eigenvalue weighted by Gasteiger charge is -2.16. The number of benzene rings is 1. The Bertz CT molecular complexity index is 1470. The Kier molecular flexibility index (Phi) is 5.96. The van der Waals surface area contributed by atoms with Crippen molar-refractivity contribution in [3.8, 4) is 17.4 Å². The number of nitrogens with zero attached hydrogens (tertiary/aromatic N) is 4. The van der Waals surface area contributed by atoms with Crippen molar-refractivity contribution in [3.05, 3.63) is 76.7 Å². The van der Waals surface area contributed by atoms with E-state index in [-0.39, 0.29) is 42.1 Å². The molecular formula is C25H23FN6O4. The van der Waals surface area contributed by atoms with Gasteiger partial charge < -0.3 is 14.6 Å². The van der Waals surface area contributed by atoms with Crippen molar-refractivity contribution in [3.63, 3.8) is 0 Å². The summed E-state index contributed by atoms with van der Waals surface area (Å²) in [7, 11) is 0. The highest BCUT2D eigenvalue weighted by Crippen LogP contribution is 2.28. The van der Waals surface area contributed by atoms with E-state index in [4.69, 9.17) is 4.42 Å². The van der Waals surface area contributed by atoms with Crippen molar-refractivity contribution >= 4 is 23.3 Å². The van der Waals surface area contributed by atoms with Crippen LogP contribution in [0.25, 0.3) is 17.4 Å². The molecule has 0 aliphatic carbocycles. The third-order valence-electron chi connectivity index (χ3n) is 5.91. The molecule has 1 fully saturated rings. The highest BCUT2D eigenvalue weighted by Gasteiger charge is 2.35. The van der Waals surface area contributed by atoms with E-state index in [0.29, 0.717) is 22.8 Å². The van der Waals surface area contributed by atoms with Gasteiger partial charge in [0.15, 0.2) is 5.76 Å². The third-order valence-corrected chi connectivity index (χ3v) is 5.91. The maximum atomic E-state index is 13.3. The van der Waals surface area contributed by atoms with E-state index >= 15 is 0 Å². The molecule has 2 N–H and O–H groups in total. The molecule has 0 spiro atoms. The minimum atomic E-state index is -0.646. The summed E-state index contributed by atoms with van der Waals surface area (Å²) < 4.78 is 20.1. The second kappa shape index (κ2) is 9.25. The molecule has 4 aromatic rings. The Morgan fingerprint density at radius 3 is 2.67 bits per heavy atom. The molecule has 3 aromatic heterocycles. The Balaban J connectivity index is 1.45. The normalized spacial score (nSPS) is 15.6. The van der Waals surface area contributed by atoms with Gasteiger partial charge in [-0.05, 0) is 42.3 Å². The van der Waals surface area contributed by atoms with E-state index in [9.17, 15) is 18.8 Å². The number of halogens is 1. The predicted octanol–water partition coefficient (Wildman–Crippen LogP) is 3.47. The van der Waals surface area contributed by atoms with Crippen LogP contribution in [0.1, 0.15) is 31.9 Å². The Morgan fingerprint density at radius 1 is 1.19 bits per heavy atom. The van der Waals surface area contributed by atoms with Gasteiger partial charge in [-0.3, -0.25) is 19.4 Å². The Morgan fingerprint density at radius 2 is 1.97 bits per heavy atom. The van der Waals surface area contributed by atoms with Gasteiger partial charge in [0.05, 0.1) is 17.9 Å². The van der Waals surface area contributed by atoms with Gasteiger partial charge in [-0.25, -0.2) is 9.37 Å². The zero-order valence-electron chi connectivity index (χ0n) is 19.6. The van der Waals surface area contributed by atoms with Crippen LogP contribution in [0.5, 0.6) is 0 Å². The van der Waals surface area contributed by atoms with Crippen LogP contribution in [0.2, 0.25) is 0 Å². The molecule has 1 aliphatic heterocycles. The van der Waals surface area contributed by atoms with Gasteiger partial charge in [0, 0.05) is 30.8 Å². The van der Waals surface area contributed by atoms with Gasteiger partial charge in [0.2, 0.25) is 17.8 Å². The summed E-state index contributed by atoms with van der Waals surface area (Å²) >= 11 is 0. The highest BCUT2D eigenvalue weighted by molar-refractivity contribution is 6.03. The van der Waals surface area contributed by atoms with Crippen LogP contribution in [-0.4, -0.2) is 38.1 Å². The van der Waals surface area contributed by atoms with Crippen LogP contribution in [0.4, 0.5) is 15.9 Å². The summed E-state index contributed by atoms with van der Waals surface area (Å²) in [4.78, 5) is 46.7. The number of nitrogens with one attached hydrogen (secondary N) is 2. The standard InChI is InChI=1S/C25H23FN6O4/c1-14(2)18-12-22(33)29-25(27-18)32-21(11-19(30-32)20-4-3-9-36-20)28-24(35)15-10-23(34)31(13-15)17-7-5-16(26)6-8-17/h3-9,11-12,14-15H,10,13H2,1-2H3,(H,28,35)(H,27,29,33). The van der Waals surface area contributed by atoms with Gasteiger partial charge in [-0.15, -0.1) is 0 Å². The van der Waals surface area contributed by atoms with Crippen LogP contribution in [-0.2, 0) is 9.59 Å². The number of carbonyl (C=O) groups is 2. The molecule has 1 unspecified atom stereocenters. The Hall–Kier alpha value is -4.54. The van der Waals surface area contributed by atoms with Gasteiger partial charge in [-0.2, -0.15) is 9.78 Å². The number of H-pyrrole nitrogens is 1. The number of hydrogen-bond acceptors (Lipinski definition) is 6. The number of rotatable bonds is 6. The lowest BCUT2D eigenvalue weighted by atomic mass is 10.1. The van der Waals surface area contributed by atoms with Crippen LogP contribution < -0.4 is 15.8 Å². The van der Waals surface area contributed by atoms with Gasteiger partial charge in [-0.1, -0.05) is 13.8 Å². The van der Waals surface area contributed by atoms with E-state index in [1.54, 1.807) is 18.2 Å². The van der Waals surface area contributed by atoms with E-state index in [0.717, 1.165) is 0 Å². The lowest BCUT2D eigenvalue weighted by molar-refractivity contribution is -0.122. The van der Waals surface area contributed by atoms with Crippen molar-refractivity contribution in [1.82, 2.24) is 19.7 Å². The third kappa shape index (κ3) is 4.54. The molecule has 1 aromatic carbocycles. The maximum Gasteiger partial charge on any atom is 0.252 e. The summed E-state index contributed by atoms with van der Waals surface area (Å²) in [6, 6.07) is 12.0. The first-order chi connectivity index (χ1) is 17.3. The summed E-state index contributed by atoms with van der Waals surface area (Å²) in [5, 5.41) is 7.31. The number of carbonyl (C=O) groups excluding carboxylic acids is 2. The number of amides is 2. The summed E-state index contributed by atoms with van der Waals surface area (Å²) in [5.41, 5.74) is 1.15. The van der Waals surface area contributed by atoms with Gasteiger partial charge >= 0.3 is 0 Å². The molecule has 36 heavy (non-hydrogen) atoms. The highest BCUT2D eigenvalue weighted by atomic mass is 19.1. The molecule has 0 bridgehead atoms. The molecule has 1 atom stereocenters. The number of aromatic nitrogens is 4. The zero-order chi connectivity index (χ0) is 25.4. The predicted molar refractivity (Wildman–Crippen MR) is 129 cm³/mol. The van der Waals surface area contributed by atoms with Crippen LogP contribution in [0.15, 0.2) is 64.0 Å². The first kappa shape index (κ1) is 23.2. The SMILES string of the molecule is CC(C)c1cc(=O)[nH]c(-n2nc(-c3ccco3)cc2NC(=O)C2CC(=O)N(c3ccc(F)cc3)C2)n1. The average Bonchev–Trinajstić information content (AvgIpc) is 3.59. The molecule has 4 heterocycles. The van der Waals surface area contributed by atoms with Crippen molar-refractivity contribution in [2.75, 3.05) is 16.8 Å². The molecular weight excluding hydrogens is 467 g/mol. The first-order valence-corrected chi connectivity index (χ1v) is 11.4. The Labute approximate surface area is 204 Å². The quantitative estimate of drug-likeness (QED) is 0.426. The largest absolute Gasteiger partial charge is 0.463 e. The number of hydrogen-bond donors (Lipinski definition) is 2. The molecule has 10 nitrogen and oxygen atoms in total. The number of aromatic amines is 1. The minimum Gasteiger partial charge on any atom is -0.463 e. The molecule has 1 saturated heterocycles. The molecule has 5 rings (SSSR count). The van der Waals surface area contributed by atoms with Crippen molar-refractivity contribution < 1.29 is 18.4 Å². The number of furan rings is 1. The fourth-order valence-electron chi connectivity index (χ4n) is 4.02. The van der Waals surface area contributed by atoms with Crippen molar-refractivity contribution in [2.45, 2.75) is 26.2 Å². The second-order valence-electron chi connectivity index (χ2n) is 8.82. The fourth-order valence-corrected chi connectivity index (χ4v) is 4.02. The molecule has 0 saturated carbocycles. The van der Waals surface area contributed by atoms with Gasteiger partial charge in [0.1, 0.15) is 17.3 Å². The van der Waals surface area contributed by atoms with Crippen LogP contribution in [0.3, 0.4) is 0 Å². The molecule has 0 radical (unpaired) electrons. The molecule has 1 aliphatic rings. The maximum absolute atomic E-state index is 13.3. The average molecular weight is 490 g/mol. The van der Waals surface area contributed by atoms with E-state index in [2.05, 4.69) is 20.4 Å². The second-order valence-corrected chi connectivity index (χ2v) is 8.82. The van der Waals surface area contributed by atoms with Crippen molar-refractivity contribution in [1.29, 1.82) is 0 Å². The fraction of sp³-hybridized carbons (Fsp3) is 0.240. The van der Waals surface area contributed by atoms with E-state index in [1.165, 1.54) is 46.2 Å². The first-order valence-electron chi connectivity index (χ1n) is 11.4. The zero-order valence-corrected chi connectivity index (χ0v) is 19.6. The minimum absolute atomic E-state index is 0.000303. The van der Waals surface area contributed by atoms with Crippen LogP contribution in [0, 0.1) is 11.7 Å². The van der Waals surface area contributed by atoms with Crippen molar-refractivity contribution in [2.24, 2.45) is 5.92 Å². The van der Waals surface area contributed by atoms with E-state index < -0.39 is 17.6 Å². The summed E-state index contributed by atoms with van der Waals surface area (Å²) in [6.07, 6.45) is 1.50. The van der Waals surface area contributed by atoms with Crippen LogP contribution >= 0.6 is 0 Å². The number of anilines is 2. The molecule has 11 heteroatoms.